The van der Waals surface area contributed by atoms with E-state index in [9.17, 15) is 0 Å². The van der Waals surface area contributed by atoms with Crippen LogP contribution < -0.4 is 5.32 Å². The lowest BCUT2D eigenvalue weighted by Gasteiger charge is -2.27. The van der Waals surface area contributed by atoms with E-state index in [0.29, 0.717) is 18.3 Å². The second kappa shape index (κ2) is 6.25. The van der Waals surface area contributed by atoms with Gasteiger partial charge in [0.15, 0.2) is 0 Å². The molecule has 4 nitrogen and oxygen atoms in total. The molecule has 1 unspecified atom stereocenters. The molecule has 0 fully saturated rings. The molecule has 2 rings (SSSR count). The fourth-order valence-electron chi connectivity index (χ4n) is 2.13. The highest BCUT2D eigenvalue weighted by molar-refractivity contribution is 5.93. The van der Waals surface area contributed by atoms with E-state index < -0.39 is 0 Å². The molecule has 1 N–H and O–H groups in total. The van der Waals surface area contributed by atoms with E-state index in [1.165, 1.54) is 0 Å². The molecule has 0 amide bonds. The summed E-state index contributed by atoms with van der Waals surface area (Å²) >= 11 is 0. The molecule has 104 valence electrons. The van der Waals surface area contributed by atoms with Gasteiger partial charge in [0.2, 0.25) is 0 Å². The maximum absolute atomic E-state index is 9.14. The molecule has 1 aliphatic heterocycles. The Bertz CT molecular complexity index is 566. The third-order valence-corrected chi connectivity index (χ3v) is 3.40. The first-order chi connectivity index (χ1) is 9.61. The molecule has 0 aromatic heterocycles. The summed E-state index contributed by atoms with van der Waals surface area (Å²) in [5.74, 6) is 0.863. The average Bonchev–Trinajstić information content (AvgIpc) is 2.47. The van der Waals surface area contributed by atoms with Crippen LogP contribution in [0.15, 0.2) is 41.5 Å². The summed E-state index contributed by atoms with van der Waals surface area (Å²) < 4.78 is 0. The highest BCUT2D eigenvalue weighted by Gasteiger charge is 2.13. The van der Waals surface area contributed by atoms with E-state index in [-0.39, 0.29) is 6.04 Å². The summed E-state index contributed by atoms with van der Waals surface area (Å²) in [6.07, 6.45) is 4.04. The summed E-state index contributed by atoms with van der Waals surface area (Å²) in [4.78, 5) is 6.68. The molecular formula is C16H20N4. The molecule has 1 aliphatic rings. The third kappa shape index (κ3) is 3.18. The molecule has 0 saturated heterocycles. The fraction of sp³-hybridized carbons (Fsp3) is 0.375. The number of aliphatic imine (C=N–C) groups is 1. The Morgan fingerprint density at radius 3 is 2.65 bits per heavy atom. The van der Waals surface area contributed by atoms with Crippen molar-refractivity contribution in [1.82, 2.24) is 10.2 Å². The van der Waals surface area contributed by atoms with E-state index in [2.05, 4.69) is 41.3 Å². The van der Waals surface area contributed by atoms with Gasteiger partial charge in [0, 0.05) is 12.2 Å². The normalized spacial score (nSPS) is 15.8. The van der Waals surface area contributed by atoms with Crippen molar-refractivity contribution < 1.29 is 0 Å². The molecule has 0 spiro atoms. The molecular weight excluding hydrogens is 248 g/mol. The maximum Gasteiger partial charge on any atom is 0.124 e. The van der Waals surface area contributed by atoms with Crippen LogP contribution in [-0.2, 0) is 0 Å². The summed E-state index contributed by atoms with van der Waals surface area (Å²) in [5.41, 5.74) is 1.70. The second-order valence-corrected chi connectivity index (χ2v) is 5.17. The van der Waals surface area contributed by atoms with E-state index in [0.717, 1.165) is 11.4 Å². The maximum atomic E-state index is 9.14. The van der Waals surface area contributed by atoms with E-state index in [1.54, 1.807) is 0 Å². The van der Waals surface area contributed by atoms with Crippen molar-refractivity contribution in [1.29, 1.82) is 5.26 Å². The topological polar surface area (TPSA) is 51.4 Å². The molecule has 0 aliphatic carbocycles. The fourth-order valence-corrected chi connectivity index (χ4v) is 2.13. The minimum atomic E-state index is 0.0554. The van der Waals surface area contributed by atoms with Crippen LogP contribution in [0.3, 0.4) is 0 Å². The van der Waals surface area contributed by atoms with Crippen LogP contribution in [0.4, 0.5) is 0 Å². The van der Waals surface area contributed by atoms with Crippen LogP contribution >= 0.6 is 0 Å². The number of hydrogen-bond acceptors (Lipinski definition) is 4. The van der Waals surface area contributed by atoms with Crippen LogP contribution in [-0.4, -0.2) is 23.4 Å². The third-order valence-electron chi connectivity index (χ3n) is 3.40. The zero-order chi connectivity index (χ0) is 14.5. The average molecular weight is 268 g/mol. The Morgan fingerprint density at radius 2 is 2.05 bits per heavy atom. The van der Waals surface area contributed by atoms with Gasteiger partial charge in [0.25, 0.3) is 0 Å². The van der Waals surface area contributed by atoms with Gasteiger partial charge in [-0.05, 0) is 38.5 Å². The number of nitrogens with zero attached hydrogens (tertiary/aromatic N) is 3. The zero-order valence-electron chi connectivity index (χ0n) is 12.2. The van der Waals surface area contributed by atoms with E-state index in [1.807, 2.05) is 37.3 Å². The summed E-state index contributed by atoms with van der Waals surface area (Å²) in [5, 5.41) is 12.5. The zero-order valence-corrected chi connectivity index (χ0v) is 12.2. The Balaban J connectivity index is 2.05. The molecule has 1 heterocycles. The summed E-state index contributed by atoms with van der Waals surface area (Å²) in [6.45, 7) is 7.00. The predicted octanol–water partition coefficient (Wildman–Crippen LogP) is 2.80. The number of rotatable bonds is 3. The van der Waals surface area contributed by atoms with Crippen molar-refractivity contribution in [2.45, 2.75) is 32.9 Å². The van der Waals surface area contributed by atoms with Crippen LogP contribution in [0.1, 0.15) is 37.9 Å². The number of hydrogen-bond donors (Lipinski definition) is 1. The second-order valence-electron chi connectivity index (χ2n) is 5.17. The smallest absolute Gasteiger partial charge is 0.124 e. The van der Waals surface area contributed by atoms with Gasteiger partial charge in [0.05, 0.1) is 17.7 Å². The number of amidine groups is 1. The number of benzene rings is 1. The molecule has 0 bridgehead atoms. The molecule has 0 radical (unpaired) electrons. The van der Waals surface area contributed by atoms with Gasteiger partial charge < -0.3 is 10.2 Å². The minimum absolute atomic E-state index is 0.0554. The summed E-state index contributed by atoms with van der Waals surface area (Å²) in [6, 6.07) is 10.4. The van der Waals surface area contributed by atoms with Crippen LogP contribution in [0.25, 0.3) is 0 Å². The summed E-state index contributed by atoms with van der Waals surface area (Å²) in [7, 11) is 0. The number of nitriles is 1. The van der Waals surface area contributed by atoms with Gasteiger partial charge >= 0.3 is 0 Å². The first-order valence-corrected chi connectivity index (χ1v) is 6.85. The van der Waals surface area contributed by atoms with Crippen LogP contribution in [0, 0.1) is 11.3 Å². The highest BCUT2D eigenvalue weighted by Crippen LogP contribution is 2.17. The predicted molar refractivity (Wildman–Crippen MR) is 81.1 cm³/mol. The lowest BCUT2D eigenvalue weighted by atomic mass is 10.0. The van der Waals surface area contributed by atoms with Gasteiger partial charge in [0.1, 0.15) is 12.5 Å². The van der Waals surface area contributed by atoms with Gasteiger partial charge in [-0.15, -0.1) is 0 Å². The van der Waals surface area contributed by atoms with E-state index >= 15 is 0 Å². The minimum Gasteiger partial charge on any atom is -0.364 e. The van der Waals surface area contributed by atoms with Crippen molar-refractivity contribution >= 4 is 5.84 Å². The monoisotopic (exact) mass is 268 g/mol. The standard InChI is InChI=1S/C16H20N4/c1-12(2)20-9-8-16(18-11-20)19-13(3)15-7-5-4-6-14(15)10-17/h4-9,12-13H,11H2,1-3H3,(H,18,19). The lowest BCUT2D eigenvalue weighted by molar-refractivity contribution is 0.317. The molecule has 1 aromatic carbocycles. The quantitative estimate of drug-likeness (QED) is 0.917. The number of nitrogens with one attached hydrogen (secondary N) is 1. The van der Waals surface area contributed by atoms with Crippen LogP contribution in [0.2, 0.25) is 0 Å². The van der Waals surface area contributed by atoms with Gasteiger partial charge in [-0.25, -0.2) is 4.99 Å². The van der Waals surface area contributed by atoms with Gasteiger partial charge in [-0.1, -0.05) is 18.2 Å². The molecule has 0 saturated carbocycles. The molecule has 20 heavy (non-hydrogen) atoms. The Morgan fingerprint density at radius 1 is 1.30 bits per heavy atom. The Labute approximate surface area is 120 Å². The van der Waals surface area contributed by atoms with Crippen molar-refractivity contribution in [2.24, 2.45) is 4.99 Å². The van der Waals surface area contributed by atoms with Crippen molar-refractivity contribution in [2.75, 3.05) is 6.67 Å². The largest absolute Gasteiger partial charge is 0.364 e. The van der Waals surface area contributed by atoms with E-state index in [4.69, 9.17) is 5.26 Å². The molecule has 4 heteroatoms. The van der Waals surface area contributed by atoms with Crippen molar-refractivity contribution in [3.63, 3.8) is 0 Å². The first-order valence-electron chi connectivity index (χ1n) is 6.85. The highest BCUT2D eigenvalue weighted by atomic mass is 15.2. The first kappa shape index (κ1) is 14.1. The molecule has 1 atom stereocenters. The molecule has 1 aromatic rings. The van der Waals surface area contributed by atoms with Gasteiger partial charge in [-0.3, -0.25) is 0 Å². The van der Waals surface area contributed by atoms with Gasteiger partial charge in [-0.2, -0.15) is 5.26 Å². The van der Waals surface area contributed by atoms with Crippen LogP contribution in [0.5, 0.6) is 0 Å². The van der Waals surface area contributed by atoms with Crippen molar-refractivity contribution in [3.8, 4) is 6.07 Å². The van der Waals surface area contributed by atoms with Crippen molar-refractivity contribution in [3.05, 3.63) is 47.7 Å². The lowest BCUT2D eigenvalue weighted by Crippen LogP contribution is -2.33. The SMILES string of the molecule is CC(NC1=NCN(C(C)C)C=C1)c1ccccc1C#N. The Kier molecular flexibility index (Phi) is 4.41. The Hall–Kier alpha value is -2.28.